The lowest BCUT2D eigenvalue weighted by atomic mass is 10.2. The number of unbranched alkanes of at least 4 members (excludes halogenated alkanes) is 1. The maximum atomic E-state index is 2.46. The quantitative estimate of drug-likeness (QED) is 0.713. The summed E-state index contributed by atoms with van der Waals surface area (Å²) in [4.78, 5) is 0. The first-order valence-electron chi connectivity index (χ1n) is 5.17. The van der Waals surface area contributed by atoms with E-state index in [0.29, 0.717) is 0 Å². The van der Waals surface area contributed by atoms with E-state index in [1.165, 1.54) is 22.8 Å². The van der Waals surface area contributed by atoms with Crippen LogP contribution in [0, 0.1) is 3.57 Å². The summed E-state index contributed by atoms with van der Waals surface area (Å²) >= 11 is 0.107. The summed E-state index contributed by atoms with van der Waals surface area (Å²) in [7, 11) is 0. The van der Waals surface area contributed by atoms with Crippen molar-refractivity contribution in [1.29, 1.82) is 0 Å². The molecule has 0 nitrogen and oxygen atoms in total. The third kappa shape index (κ3) is 4.80. The van der Waals surface area contributed by atoms with Gasteiger partial charge in [0.05, 0.1) is 0 Å². The van der Waals surface area contributed by atoms with Gasteiger partial charge in [-0.25, -0.2) is 0 Å². The summed E-state index contributed by atoms with van der Waals surface area (Å²) in [5.74, 6) is 0. The molecule has 0 heterocycles. The zero-order chi connectivity index (χ0) is 10.2. The van der Waals surface area contributed by atoms with Crippen LogP contribution in [0.1, 0.15) is 33.1 Å². The highest BCUT2D eigenvalue weighted by Crippen LogP contribution is 2.02. The topological polar surface area (TPSA) is 0 Å². The molecule has 0 fully saturated rings. The Labute approximate surface area is 97.7 Å². The lowest BCUT2D eigenvalue weighted by Crippen LogP contribution is -3.59. The van der Waals surface area contributed by atoms with Gasteiger partial charge >= 0.3 is 21.2 Å². The highest BCUT2D eigenvalue weighted by atomic mass is 127. The third-order valence-corrected chi connectivity index (χ3v) is 4.84. The number of halogens is 1. The molecule has 0 aliphatic rings. The molecule has 0 saturated carbocycles. The van der Waals surface area contributed by atoms with Crippen LogP contribution in [-0.2, 0) is 0 Å². The molecule has 0 aromatic heterocycles. The van der Waals surface area contributed by atoms with Crippen molar-refractivity contribution < 1.29 is 21.2 Å². The molecule has 14 heavy (non-hydrogen) atoms. The summed E-state index contributed by atoms with van der Waals surface area (Å²) < 4.78 is 3.98. The lowest BCUT2D eigenvalue weighted by Gasteiger charge is -1.92. The maximum absolute atomic E-state index is 2.46. The minimum absolute atomic E-state index is 0.107. The second-order valence-corrected chi connectivity index (χ2v) is 5.95. The number of hydrogen-bond acceptors (Lipinski definition) is 0. The Hall–Kier alpha value is -0.310. The monoisotopic (exact) mass is 301 g/mol. The average Bonchev–Trinajstić information content (AvgIpc) is 2.25. The second kappa shape index (κ2) is 7.04. The number of hydrogen-bond donors (Lipinski definition) is 0. The molecule has 0 radical (unpaired) electrons. The van der Waals surface area contributed by atoms with Crippen molar-refractivity contribution >= 4 is 0 Å². The molecule has 0 unspecified atom stereocenters. The second-order valence-electron chi connectivity index (χ2n) is 3.46. The van der Waals surface area contributed by atoms with E-state index in [1.54, 1.807) is 5.57 Å². The van der Waals surface area contributed by atoms with Crippen LogP contribution in [0.5, 0.6) is 0 Å². The summed E-state index contributed by atoms with van der Waals surface area (Å²) in [6, 6.07) is 10.8. The van der Waals surface area contributed by atoms with E-state index in [1.807, 2.05) is 0 Å². The van der Waals surface area contributed by atoms with Crippen LogP contribution in [0.4, 0.5) is 0 Å². The molecule has 0 amide bonds. The van der Waals surface area contributed by atoms with E-state index in [-0.39, 0.29) is 21.2 Å². The smallest absolute Gasteiger partial charge is 0.0654 e. The average molecular weight is 301 g/mol. The Morgan fingerprint density at radius 3 is 2.64 bits per heavy atom. The molecule has 0 atom stereocenters. The van der Waals surface area contributed by atoms with Gasteiger partial charge in [0.15, 0.2) is 7.65 Å². The van der Waals surface area contributed by atoms with Crippen LogP contribution in [0.15, 0.2) is 40.0 Å². The first-order chi connectivity index (χ1) is 6.83. The minimum Gasteiger partial charge on any atom is -0.0654 e. The third-order valence-electron chi connectivity index (χ3n) is 2.02. The van der Waals surface area contributed by atoms with Gasteiger partial charge in [-0.1, -0.05) is 31.5 Å². The molecule has 0 saturated heterocycles. The normalized spacial score (nSPS) is 11.7. The summed E-state index contributed by atoms with van der Waals surface area (Å²) in [6.07, 6.45) is 3.92. The van der Waals surface area contributed by atoms with Crippen molar-refractivity contribution in [3.05, 3.63) is 43.6 Å². The minimum atomic E-state index is 0.107. The van der Waals surface area contributed by atoms with Gasteiger partial charge in [0.25, 0.3) is 0 Å². The van der Waals surface area contributed by atoms with Crippen LogP contribution in [0.2, 0.25) is 0 Å². The van der Waals surface area contributed by atoms with Crippen molar-refractivity contribution in [1.82, 2.24) is 0 Å². The van der Waals surface area contributed by atoms with E-state index in [9.17, 15) is 0 Å². The molecule has 1 heteroatoms. The molecule has 0 spiro atoms. The predicted molar refractivity (Wildman–Crippen MR) is 58.4 cm³/mol. The van der Waals surface area contributed by atoms with E-state index in [0.717, 1.165) is 0 Å². The zero-order valence-electron chi connectivity index (χ0n) is 8.96. The molecule has 0 N–H and O–H groups in total. The van der Waals surface area contributed by atoms with E-state index in [2.05, 4.69) is 48.3 Å². The molecule has 1 rings (SSSR count). The molecule has 1 aromatic carbocycles. The molecule has 0 bridgehead atoms. The molecular weight excluding hydrogens is 283 g/mol. The molecule has 0 aliphatic carbocycles. The van der Waals surface area contributed by atoms with Gasteiger partial charge in [-0.2, -0.15) is 0 Å². The van der Waals surface area contributed by atoms with Crippen molar-refractivity contribution in [3.63, 3.8) is 0 Å². The highest BCUT2D eigenvalue weighted by Gasteiger charge is 2.06. The number of rotatable bonds is 5. The van der Waals surface area contributed by atoms with Gasteiger partial charge in [0, 0.05) is 0 Å². The Morgan fingerprint density at radius 2 is 2.00 bits per heavy atom. The molecular formula is C13H18I+. The predicted octanol–water partition coefficient (Wildman–Crippen LogP) is 1.04. The fraction of sp³-hybridized carbons (Fsp3) is 0.385. The van der Waals surface area contributed by atoms with E-state index in [4.69, 9.17) is 0 Å². The first-order valence-corrected chi connectivity index (χ1v) is 7.49. The standard InChI is InChI=1S/C13H18I/c1-3-4-8-12(2)11-14-13-9-6-5-7-10-13/h5-7,9-11H,3-4,8H2,1-2H3/q+1/b12-11+. The lowest BCUT2D eigenvalue weighted by molar-refractivity contribution is -0.557. The number of benzene rings is 1. The summed E-state index contributed by atoms with van der Waals surface area (Å²) in [5, 5.41) is 0. The van der Waals surface area contributed by atoms with Gasteiger partial charge < -0.3 is 0 Å². The maximum Gasteiger partial charge on any atom is 0.349 e. The fourth-order valence-corrected chi connectivity index (χ4v) is 3.19. The van der Waals surface area contributed by atoms with Crippen molar-refractivity contribution in [2.45, 2.75) is 33.1 Å². The Kier molecular flexibility index (Phi) is 5.92. The van der Waals surface area contributed by atoms with Crippen LogP contribution in [-0.4, -0.2) is 0 Å². The zero-order valence-corrected chi connectivity index (χ0v) is 11.1. The van der Waals surface area contributed by atoms with Crippen LogP contribution < -0.4 is 21.2 Å². The SMILES string of the molecule is CCCC/C(C)=C/[I+]c1ccccc1. The fourth-order valence-electron chi connectivity index (χ4n) is 1.15. The van der Waals surface area contributed by atoms with Crippen LogP contribution in [0.3, 0.4) is 0 Å². The van der Waals surface area contributed by atoms with E-state index < -0.39 is 0 Å². The number of allylic oxidation sites excluding steroid dienone is 1. The first kappa shape index (κ1) is 11.8. The molecule has 0 aliphatic heterocycles. The summed E-state index contributed by atoms with van der Waals surface area (Å²) in [5.41, 5.74) is 1.57. The largest absolute Gasteiger partial charge is 0.349 e. The summed E-state index contributed by atoms with van der Waals surface area (Å²) in [6.45, 7) is 4.51. The van der Waals surface area contributed by atoms with Gasteiger partial charge in [-0.15, -0.1) is 0 Å². The van der Waals surface area contributed by atoms with Crippen LogP contribution >= 0.6 is 0 Å². The van der Waals surface area contributed by atoms with Crippen molar-refractivity contribution in [2.24, 2.45) is 0 Å². The van der Waals surface area contributed by atoms with Gasteiger partial charge in [-0.3, -0.25) is 0 Å². The molecule has 1 aromatic rings. The highest BCUT2D eigenvalue weighted by molar-refractivity contribution is 5.00. The Balaban J connectivity index is 2.39. The van der Waals surface area contributed by atoms with Crippen LogP contribution in [0.25, 0.3) is 0 Å². The van der Waals surface area contributed by atoms with Crippen molar-refractivity contribution in [2.75, 3.05) is 0 Å². The van der Waals surface area contributed by atoms with Gasteiger partial charge in [0.1, 0.15) is 0 Å². The van der Waals surface area contributed by atoms with Crippen molar-refractivity contribution in [3.8, 4) is 0 Å². The van der Waals surface area contributed by atoms with Gasteiger partial charge in [0.2, 0.25) is 0 Å². The Bertz CT molecular complexity index is 275. The Morgan fingerprint density at radius 1 is 1.29 bits per heavy atom. The van der Waals surface area contributed by atoms with E-state index >= 15 is 0 Å². The molecule has 76 valence electrons. The van der Waals surface area contributed by atoms with Gasteiger partial charge in [-0.05, 0) is 37.5 Å².